The van der Waals surface area contributed by atoms with Crippen LogP contribution in [0.5, 0.6) is 11.5 Å². The molecule has 0 radical (unpaired) electrons. The van der Waals surface area contributed by atoms with Crippen molar-refractivity contribution in [2.75, 3.05) is 24.4 Å². The predicted octanol–water partition coefficient (Wildman–Crippen LogP) is 5.49. The van der Waals surface area contributed by atoms with Crippen LogP contribution in [0, 0.1) is 39.0 Å². The van der Waals surface area contributed by atoms with Gasteiger partial charge >= 0.3 is 0 Å². The zero-order valence-electron chi connectivity index (χ0n) is 21.1. The number of ether oxygens (including phenoxy) is 2. The average molecular weight is 484 g/mol. The smallest absolute Gasteiger partial charge is 0.266 e. The number of rotatable bonds is 8. The van der Waals surface area contributed by atoms with Crippen LogP contribution in [0.4, 0.5) is 11.4 Å². The first-order valence-corrected chi connectivity index (χ1v) is 11.4. The van der Waals surface area contributed by atoms with Crippen molar-refractivity contribution in [3.05, 3.63) is 88.0 Å². The van der Waals surface area contributed by atoms with Gasteiger partial charge in [0.15, 0.2) is 18.1 Å². The molecule has 0 spiro atoms. The van der Waals surface area contributed by atoms with Crippen molar-refractivity contribution >= 4 is 29.3 Å². The van der Waals surface area contributed by atoms with E-state index < -0.39 is 5.91 Å². The standard InChI is InChI=1S/C29H29N3O4/c1-18-6-9-24(20(3)12-18)31-28(33)17-36-26-11-8-22(15-27(26)35-5)14-23(16-30)29(34)32-25-10-7-19(2)13-21(25)4/h6-15H,17H2,1-5H3,(H,31,33)(H,32,34)/b23-14+. The molecule has 0 unspecified atom stereocenters. The van der Waals surface area contributed by atoms with Gasteiger partial charge in [0.05, 0.1) is 7.11 Å². The largest absolute Gasteiger partial charge is 0.493 e. The number of hydrogen-bond donors (Lipinski definition) is 2. The number of carbonyl (C=O) groups excluding carboxylic acids is 2. The molecular weight excluding hydrogens is 454 g/mol. The molecule has 2 N–H and O–H groups in total. The quantitative estimate of drug-likeness (QED) is 0.326. The lowest BCUT2D eigenvalue weighted by atomic mass is 10.1. The Morgan fingerprint density at radius 2 is 1.47 bits per heavy atom. The summed E-state index contributed by atoms with van der Waals surface area (Å²) >= 11 is 0. The van der Waals surface area contributed by atoms with Gasteiger partial charge in [-0.3, -0.25) is 9.59 Å². The molecular formula is C29H29N3O4. The van der Waals surface area contributed by atoms with E-state index in [4.69, 9.17) is 9.47 Å². The van der Waals surface area contributed by atoms with Crippen LogP contribution in [-0.2, 0) is 9.59 Å². The number of nitrogens with zero attached hydrogens (tertiary/aromatic N) is 1. The summed E-state index contributed by atoms with van der Waals surface area (Å²) in [4.78, 5) is 25.0. The molecule has 7 heteroatoms. The molecule has 0 atom stereocenters. The van der Waals surface area contributed by atoms with Gasteiger partial charge in [-0.15, -0.1) is 0 Å². The maximum Gasteiger partial charge on any atom is 0.266 e. The number of carbonyl (C=O) groups is 2. The maximum atomic E-state index is 12.7. The van der Waals surface area contributed by atoms with Gasteiger partial charge < -0.3 is 20.1 Å². The number of hydrogen-bond acceptors (Lipinski definition) is 5. The van der Waals surface area contributed by atoms with Crippen LogP contribution in [0.3, 0.4) is 0 Å². The minimum atomic E-state index is -0.508. The Morgan fingerprint density at radius 1 is 0.861 bits per heavy atom. The van der Waals surface area contributed by atoms with Crippen LogP contribution in [0.15, 0.2) is 60.2 Å². The van der Waals surface area contributed by atoms with E-state index in [0.29, 0.717) is 22.7 Å². The predicted molar refractivity (Wildman–Crippen MR) is 141 cm³/mol. The first-order chi connectivity index (χ1) is 17.2. The summed E-state index contributed by atoms with van der Waals surface area (Å²) in [6.07, 6.45) is 1.47. The summed E-state index contributed by atoms with van der Waals surface area (Å²) in [5.74, 6) is -0.0755. The van der Waals surface area contributed by atoms with E-state index in [1.54, 1.807) is 18.2 Å². The normalized spacial score (nSPS) is 10.8. The summed E-state index contributed by atoms with van der Waals surface area (Å²) in [7, 11) is 1.48. The first kappa shape index (κ1) is 26.0. The zero-order valence-corrected chi connectivity index (χ0v) is 21.1. The van der Waals surface area contributed by atoms with Crippen molar-refractivity contribution in [1.29, 1.82) is 5.26 Å². The van der Waals surface area contributed by atoms with E-state index in [1.807, 2.05) is 70.2 Å². The summed E-state index contributed by atoms with van der Waals surface area (Å²) in [5, 5.41) is 15.2. The molecule has 36 heavy (non-hydrogen) atoms. The number of benzene rings is 3. The van der Waals surface area contributed by atoms with Crippen LogP contribution in [0.1, 0.15) is 27.8 Å². The molecule has 184 valence electrons. The summed E-state index contributed by atoms with van der Waals surface area (Å²) in [6, 6.07) is 18.3. The van der Waals surface area contributed by atoms with Crippen LogP contribution in [-0.4, -0.2) is 25.5 Å². The lowest BCUT2D eigenvalue weighted by Gasteiger charge is -2.13. The number of methoxy groups -OCH3 is 1. The number of anilines is 2. The highest BCUT2D eigenvalue weighted by Crippen LogP contribution is 2.29. The third-order valence-electron chi connectivity index (χ3n) is 5.51. The second-order valence-corrected chi connectivity index (χ2v) is 8.51. The molecule has 0 aliphatic rings. The van der Waals surface area contributed by atoms with Crippen molar-refractivity contribution in [3.63, 3.8) is 0 Å². The molecule has 0 heterocycles. The number of aryl methyl sites for hydroxylation is 4. The van der Waals surface area contributed by atoms with Crippen LogP contribution in [0.2, 0.25) is 0 Å². The summed E-state index contributed by atoms with van der Waals surface area (Å²) in [5.41, 5.74) is 5.96. The van der Waals surface area contributed by atoms with Crippen molar-refractivity contribution in [2.45, 2.75) is 27.7 Å². The average Bonchev–Trinajstić information content (AvgIpc) is 2.84. The van der Waals surface area contributed by atoms with Crippen molar-refractivity contribution in [1.82, 2.24) is 0 Å². The van der Waals surface area contributed by atoms with Gasteiger partial charge in [-0.05, 0) is 74.7 Å². The number of amides is 2. The summed E-state index contributed by atoms with van der Waals surface area (Å²) in [6.45, 7) is 7.57. The van der Waals surface area contributed by atoms with Crippen LogP contribution >= 0.6 is 0 Å². The second-order valence-electron chi connectivity index (χ2n) is 8.51. The second kappa shape index (κ2) is 11.7. The van der Waals surface area contributed by atoms with E-state index in [1.165, 1.54) is 13.2 Å². The Hall–Kier alpha value is -4.57. The van der Waals surface area contributed by atoms with Crippen molar-refractivity contribution in [2.24, 2.45) is 0 Å². The van der Waals surface area contributed by atoms with Gasteiger partial charge in [0.2, 0.25) is 0 Å². The Bertz CT molecular complexity index is 1370. The van der Waals surface area contributed by atoms with Crippen LogP contribution in [0.25, 0.3) is 6.08 Å². The zero-order chi connectivity index (χ0) is 26.2. The summed E-state index contributed by atoms with van der Waals surface area (Å²) < 4.78 is 11.1. The molecule has 0 bridgehead atoms. The molecule has 0 aromatic heterocycles. The van der Waals surface area contributed by atoms with E-state index >= 15 is 0 Å². The van der Waals surface area contributed by atoms with E-state index in [9.17, 15) is 14.9 Å². The number of nitrogens with one attached hydrogen (secondary N) is 2. The fraction of sp³-hybridized carbons (Fsp3) is 0.207. The molecule has 0 fully saturated rings. The van der Waals surface area contributed by atoms with Gasteiger partial charge in [-0.1, -0.05) is 41.5 Å². The third kappa shape index (κ3) is 6.73. The van der Waals surface area contributed by atoms with E-state index in [2.05, 4.69) is 10.6 Å². The van der Waals surface area contributed by atoms with Gasteiger partial charge in [-0.2, -0.15) is 5.26 Å². The lowest BCUT2D eigenvalue weighted by Crippen LogP contribution is -2.20. The highest BCUT2D eigenvalue weighted by Gasteiger charge is 2.13. The molecule has 0 aliphatic heterocycles. The van der Waals surface area contributed by atoms with Gasteiger partial charge in [0.25, 0.3) is 11.8 Å². The minimum Gasteiger partial charge on any atom is -0.493 e. The molecule has 7 nitrogen and oxygen atoms in total. The molecule has 0 aliphatic carbocycles. The fourth-order valence-corrected chi connectivity index (χ4v) is 3.64. The lowest BCUT2D eigenvalue weighted by molar-refractivity contribution is -0.118. The highest BCUT2D eigenvalue weighted by molar-refractivity contribution is 6.10. The van der Waals surface area contributed by atoms with E-state index in [-0.39, 0.29) is 18.1 Å². The third-order valence-corrected chi connectivity index (χ3v) is 5.51. The maximum absolute atomic E-state index is 12.7. The molecule has 3 rings (SSSR count). The Balaban J connectivity index is 1.69. The van der Waals surface area contributed by atoms with Gasteiger partial charge in [-0.25, -0.2) is 0 Å². The Kier molecular flexibility index (Phi) is 8.48. The molecule has 3 aromatic rings. The van der Waals surface area contributed by atoms with Crippen molar-refractivity contribution in [3.8, 4) is 17.6 Å². The molecule has 3 aromatic carbocycles. The molecule has 0 saturated carbocycles. The fourth-order valence-electron chi connectivity index (χ4n) is 3.64. The van der Waals surface area contributed by atoms with E-state index in [0.717, 1.165) is 27.9 Å². The Morgan fingerprint density at radius 3 is 2.03 bits per heavy atom. The van der Waals surface area contributed by atoms with Gasteiger partial charge in [0, 0.05) is 11.4 Å². The number of nitriles is 1. The monoisotopic (exact) mass is 483 g/mol. The highest BCUT2D eigenvalue weighted by atomic mass is 16.5. The van der Waals surface area contributed by atoms with Gasteiger partial charge in [0.1, 0.15) is 11.6 Å². The Labute approximate surface area is 211 Å². The van der Waals surface area contributed by atoms with Crippen LogP contribution < -0.4 is 20.1 Å². The topological polar surface area (TPSA) is 100 Å². The SMILES string of the molecule is COc1cc(/C=C(\C#N)C(=O)Nc2ccc(C)cc2C)ccc1OCC(=O)Nc1ccc(C)cc1C. The minimum absolute atomic E-state index is 0.0569. The van der Waals surface area contributed by atoms with Crippen molar-refractivity contribution < 1.29 is 19.1 Å². The first-order valence-electron chi connectivity index (χ1n) is 11.4. The molecule has 0 saturated heterocycles. The molecule has 2 amide bonds.